The molecule has 1 unspecified atom stereocenters. The van der Waals surface area contributed by atoms with E-state index in [-0.39, 0.29) is 36.0 Å². The molecule has 10 heteroatoms. The zero-order valence-electron chi connectivity index (χ0n) is 16.5. The lowest BCUT2D eigenvalue weighted by atomic mass is 10.0. The minimum Gasteiger partial charge on any atom is -0.446 e. The number of ether oxygens (including phenoxy) is 1. The molecule has 0 aromatic carbocycles. The third kappa shape index (κ3) is 5.75. The highest BCUT2D eigenvalue weighted by atomic mass is 32.1. The molecular weight excluding hydrogens is 380 g/mol. The van der Waals surface area contributed by atoms with Gasteiger partial charge in [0.05, 0.1) is 6.42 Å². The Morgan fingerprint density at radius 3 is 2.79 bits per heavy atom. The van der Waals surface area contributed by atoms with E-state index in [9.17, 15) is 9.59 Å². The van der Waals surface area contributed by atoms with Crippen LogP contribution in [0.1, 0.15) is 61.7 Å². The van der Waals surface area contributed by atoms with Crippen molar-refractivity contribution in [3.8, 4) is 0 Å². The molecule has 2 aromatic rings. The zero-order chi connectivity index (χ0) is 20.3. The van der Waals surface area contributed by atoms with E-state index in [0.717, 1.165) is 30.0 Å². The molecule has 152 valence electrons. The number of hydrogen-bond acceptors (Lipinski definition) is 7. The zero-order valence-corrected chi connectivity index (χ0v) is 17.4. The number of nitrogens with one attached hydrogen (secondary N) is 3. The summed E-state index contributed by atoms with van der Waals surface area (Å²) in [4.78, 5) is 24.0. The van der Waals surface area contributed by atoms with Crippen LogP contribution >= 0.6 is 11.3 Å². The van der Waals surface area contributed by atoms with Gasteiger partial charge in [-0.15, -0.1) is 21.5 Å². The highest BCUT2D eigenvalue weighted by Gasteiger charge is 2.30. The molecule has 1 fully saturated rings. The van der Waals surface area contributed by atoms with Gasteiger partial charge in [-0.05, 0) is 47.0 Å². The Labute approximate surface area is 167 Å². The number of rotatable bonds is 5. The predicted octanol–water partition coefficient (Wildman–Crippen LogP) is 2.91. The molecule has 2 amide bonds. The first-order valence-corrected chi connectivity index (χ1v) is 10.1. The van der Waals surface area contributed by atoms with E-state index in [2.05, 4.69) is 31.0 Å². The first-order valence-electron chi connectivity index (χ1n) is 9.31. The van der Waals surface area contributed by atoms with Crippen LogP contribution in [0.4, 0.5) is 10.6 Å². The molecule has 3 N–H and O–H groups in total. The molecule has 2 heterocycles. The van der Waals surface area contributed by atoms with Crippen molar-refractivity contribution >= 4 is 29.2 Å². The summed E-state index contributed by atoms with van der Waals surface area (Å²) in [7, 11) is 0. The topological polar surface area (TPSA) is 122 Å². The molecule has 1 saturated carbocycles. The summed E-state index contributed by atoms with van der Waals surface area (Å²) < 4.78 is 5.51. The number of aromatic nitrogens is 4. The van der Waals surface area contributed by atoms with Gasteiger partial charge in [-0.1, -0.05) is 0 Å². The normalized spacial score (nSPS) is 19.4. The number of alkyl carbamates (subject to hydrolysis) is 1. The van der Waals surface area contributed by atoms with Crippen molar-refractivity contribution in [2.75, 3.05) is 5.32 Å². The van der Waals surface area contributed by atoms with E-state index in [4.69, 9.17) is 4.74 Å². The fraction of sp³-hybridized carbons (Fsp3) is 0.611. The number of hydrogen-bond donors (Lipinski definition) is 3. The summed E-state index contributed by atoms with van der Waals surface area (Å²) in [6.45, 7) is 7.60. The molecule has 1 aliphatic carbocycles. The Balaban J connectivity index is 1.49. The van der Waals surface area contributed by atoms with Gasteiger partial charge in [-0.2, -0.15) is 5.10 Å². The van der Waals surface area contributed by atoms with Gasteiger partial charge in [-0.3, -0.25) is 9.89 Å². The average molecular weight is 407 g/mol. The predicted molar refractivity (Wildman–Crippen MR) is 105 cm³/mol. The number of nitrogens with zero attached hydrogens (tertiary/aromatic N) is 3. The fourth-order valence-electron chi connectivity index (χ4n) is 3.16. The number of carbonyl (C=O) groups excluding carboxylic acids is 2. The molecule has 0 spiro atoms. The third-order valence-corrected chi connectivity index (χ3v) is 5.16. The van der Waals surface area contributed by atoms with Crippen LogP contribution in [-0.2, 0) is 16.0 Å². The largest absolute Gasteiger partial charge is 0.446 e. The van der Waals surface area contributed by atoms with Crippen LogP contribution in [0.3, 0.4) is 0 Å². The van der Waals surface area contributed by atoms with Gasteiger partial charge in [0, 0.05) is 23.2 Å². The van der Waals surface area contributed by atoms with Crippen LogP contribution in [-0.4, -0.2) is 44.0 Å². The molecule has 0 aliphatic heterocycles. The lowest BCUT2D eigenvalue weighted by Crippen LogP contribution is -2.42. The van der Waals surface area contributed by atoms with Crippen molar-refractivity contribution < 1.29 is 14.3 Å². The minimum atomic E-state index is -0.386. The second kappa shape index (κ2) is 8.26. The van der Waals surface area contributed by atoms with Gasteiger partial charge in [0.25, 0.3) is 0 Å². The van der Waals surface area contributed by atoms with Crippen LogP contribution < -0.4 is 10.6 Å². The Hall–Kier alpha value is -2.49. The smallest absolute Gasteiger partial charge is 0.407 e. The van der Waals surface area contributed by atoms with Crippen molar-refractivity contribution in [1.29, 1.82) is 0 Å². The van der Waals surface area contributed by atoms with Gasteiger partial charge in [0.2, 0.25) is 5.91 Å². The summed E-state index contributed by atoms with van der Waals surface area (Å²) in [5.74, 6) is 0.521. The van der Waals surface area contributed by atoms with Crippen molar-refractivity contribution in [1.82, 2.24) is 25.7 Å². The maximum absolute atomic E-state index is 12.1. The average Bonchev–Trinajstić information content (AvgIpc) is 3.27. The molecule has 2 atom stereocenters. The van der Waals surface area contributed by atoms with Crippen molar-refractivity contribution in [3.05, 3.63) is 21.8 Å². The molecule has 1 aliphatic rings. The van der Waals surface area contributed by atoms with Crippen LogP contribution in [0, 0.1) is 6.92 Å². The summed E-state index contributed by atoms with van der Waals surface area (Å²) in [6.07, 6.45) is 2.11. The number of carbonyl (C=O) groups is 2. The first-order chi connectivity index (χ1) is 13.2. The summed E-state index contributed by atoms with van der Waals surface area (Å²) >= 11 is 1.40. The van der Waals surface area contributed by atoms with E-state index in [1.165, 1.54) is 11.3 Å². The third-order valence-electron chi connectivity index (χ3n) is 4.32. The number of aryl methyl sites for hydroxylation is 1. The molecule has 2 aromatic heterocycles. The lowest BCUT2D eigenvalue weighted by Gasteiger charge is -2.22. The number of aromatic amines is 1. The van der Waals surface area contributed by atoms with Crippen LogP contribution in [0.2, 0.25) is 0 Å². The number of anilines is 1. The Kier molecular flexibility index (Phi) is 5.97. The SMILES string of the molecule is Cc1nnc(CC(=O)Nc2cc([C@H]3CCC(OC(=O)NC(C)(C)C)C3)[nH]n2)s1. The lowest BCUT2D eigenvalue weighted by molar-refractivity contribution is -0.115. The van der Waals surface area contributed by atoms with Crippen LogP contribution in [0.15, 0.2) is 6.07 Å². The maximum Gasteiger partial charge on any atom is 0.407 e. The molecule has 9 nitrogen and oxygen atoms in total. The monoisotopic (exact) mass is 406 g/mol. The van der Waals surface area contributed by atoms with Crippen LogP contribution in [0.25, 0.3) is 0 Å². The first kappa shape index (κ1) is 20.2. The van der Waals surface area contributed by atoms with E-state index >= 15 is 0 Å². The number of H-pyrrole nitrogens is 1. The van der Waals surface area contributed by atoms with E-state index in [0.29, 0.717) is 10.8 Å². The molecule has 0 saturated heterocycles. The standard InChI is InChI=1S/C18H26N6O3S/c1-10-21-24-16(28-10)9-15(25)19-14-8-13(22-23-14)11-5-6-12(7-11)27-17(26)20-18(2,3)4/h8,11-12H,5-7,9H2,1-4H3,(H,20,26)(H2,19,22,23,25)/t11-,12?/m0/s1. The summed E-state index contributed by atoms with van der Waals surface area (Å²) in [5, 5.41) is 22.1. The van der Waals surface area contributed by atoms with Gasteiger partial charge in [0.15, 0.2) is 5.82 Å². The second-order valence-corrected chi connectivity index (χ2v) is 9.33. The van der Waals surface area contributed by atoms with E-state index in [1.54, 1.807) is 0 Å². The maximum atomic E-state index is 12.1. The van der Waals surface area contributed by atoms with E-state index in [1.807, 2.05) is 33.8 Å². The van der Waals surface area contributed by atoms with Crippen molar-refractivity contribution in [2.45, 2.75) is 70.9 Å². The molecular formula is C18H26N6O3S. The minimum absolute atomic E-state index is 0.116. The summed E-state index contributed by atoms with van der Waals surface area (Å²) in [6, 6.07) is 1.84. The Morgan fingerprint density at radius 2 is 2.11 bits per heavy atom. The fourth-order valence-corrected chi connectivity index (χ4v) is 3.87. The highest BCUT2D eigenvalue weighted by molar-refractivity contribution is 7.11. The van der Waals surface area contributed by atoms with Gasteiger partial charge in [-0.25, -0.2) is 4.79 Å². The molecule has 28 heavy (non-hydrogen) atoms. The van der Waals surface area contributed by atoms with Gasteiger partial charge >= 0.3 is 6.09 Å². The van der Waals surface area contributed by atoms with Crippen molar-refractivity contribution in [2.24, 2.45) is 0 Å². The Bertz CT molecular complexity index is 840. The van der Waals surface area contributed by atoms with Gasteiger partial charge in [0.1, 0.15) is 16.1 Å². The molecule has 0 radical (unpaired) electrons. The summed E-state index contributed by atoms with van der Waals surface area (Å²) in [5.41, 5.74) is 0.614. The van der Waals surface area contributed by atoms with Crippen molar-refractivity contribution in [3.63, 3.8) is 0 Å². The van der Waals surface area contributed by atoms with E-state index < -0.39 is 0 Å². The van der Waals surface area contributed by atoms with Crippen LogP contribution in [0.5, 0.6) is 0 Å². The number of amides is 2. The molecule has 3 rings (SSSR count). The van der Waals surface area contributed by atoms with Gasteiger partial charge < -0.3 is 15.4 Å². The second-order valence-electron chi connectivity index (χ2n) is 8.06. The Morgan fingerprint density at radius 1 is 1.32 bits per heavy atom. The quantitative estimate of drug-likeness (QED) is 0.702. The molecule has 0 bridgehead atoms. The highest BCUT2D eigenvalue weighted by Crippen LogP contribution is 2.35.